The molecule has 0 saturated carbocycles. The molecule has 10 heteroatoms. The first-order chi connectivity index (χ1) is 12.9. The van der Waals surface area contributed by atoms with Crippen LogP contribution in [0.15, 0.2) is 26.8 Å². The van der Waals surface area contributed by atoms with Gasteiger partial charge in [0.25, 0.3) is 5.56 Å². The van der Waals surface area contributed by atoms with Crippen LogP contribution in [0.2, 0.25) is 0 Å². The first-order valence-electron chi connectivity index (χ1n) is 8.67. The van der Waals surface area contributed by atoms with Crippen LogP contribution >= 0.6 is 0 Å². The molecule has 3 heterocycles. The lowest BCUT2D eigenvalue weighted by atomic mass is 10.3. The molecule has 0 spiro atoms. The summed E-state index contributed by atoms with van der Waals surface area (Å²) in [4.78, 5) is 41.9. The minimum atomic E-state index is -0.450. The van der Waals surface area contributed by atoms with Gasteiger partial charge in [0, 0.05) is 13.6 Å². The van der Waals surface area contributed by atoms with Crippen LogP contribution in [0.1, 0.15) is 20.8 Å². The van der Waals surface area contributed by atoms with Gasteiger partial charge in [-0.15, -0.1) is 0 Å². The Kier molecular flexibility index (Phi) is 4.98. The summed E-state index contributed by atoms with van der Waals surface area (Å²) in [5, 5.41) is 5.75. The second-order valence-corrected chi connectivity index (χ2v) is 6.19. The Balaban J connectivity index is 2.21. The number of esters is 1. The molecule has 0 bridgehead atoms. The van der Waals surface area contributed by atoms with E-state index in [1.165, 1.54) is 9.58 Å². The van der Waals surface area contributed by atoms with Crippen molar-refractivity contribution in [1.29, 1.82) is 0 Å². The Hall–Kier alpha value is -3.17. The largest absolute Gasteiger partial charge is 0.465 e. The molecule has 0 N–H and O–H groups in total. The first-order valence-corrected chi connectivity index (χ1v) is 8.67. The molecule has 2 aromatic rings. The van der Waals surface area contributed by atoms with Crippen molar-refractivity contribution in [2.45, 2.75) is 33.9 Å². The summed E-state index contributed by atoms with van der Waals surface area (Å²) in [6.07, 6.45) is 3.52. The van der Waals surface area contributed by atoms with Crippen molar-refractivity contribution in [3.05, 3.63) is 33.0 Å². The number of imidazole rings is 1. The Labute approximate surface area is 155 Å². The van der Waals surface area contributed by atoms with Gasteiger partial charge in [-0.25, -0.2) is 9.80 Å². The zero-order chi connectivity index (χ0) is 19.7. The summed E-state index contributed by atoms with van der Waals surface area (Å²) >= 11 is 0. The Morgan fingerprint density at radius 1 is 1.33 bits per heavy atom. The van der Waals surface area contributed by atoms with Crippen molar-refractivity contribution in [3.63, 3.8) is 0 Å². The van der Waals surface area contributed by atoms with Gasteiger partial charge in [0.1, 0.15) is 6.54 Å². The SMILES string of the molecule is CC=CCn1c(=O)c2c(nc3n2CC(C)=NN3CC(=O)OCC)n(C)c1=O. The monoisotopic (exact) mass is 374 g/mol. The van der Waals surface area contributed by atoms with Crippen molar-refractivity contribution in [1.82, 2.24) is 18.7 Å². The molecule has 0 radical (unpaired) electrons. The van der Waals surface area contributed by atoms with E-state index in [9.17, 15) is 14.4 Å². The van der Waals surface area contributed by atoms with Crippen molar-refractivity contribution < 1.29 is 9.53 Å². The third-order valence-electron chi connectivity index (χ3n) is 4.23. The Bertz CT molecular complexity index is 1070. The maximum atomic E-state index is 13.0. The predicted molar refractivity (Wildman–Crippen MR) is 101 cm³/mol. The van der Waals surface area contributed by atoms with Crippen LogP contribution in [-0.2, 0) is 29.7 Å². The number of fused-ring (bicyclic) bond motifs is 3. The van der Waals surface area contributed by atoms with Crippen molar-refractivity contribution in [3.8, 4) is 0 Å². The first kappa shape index (κ1) is 18.6. The predicted octanol–water partition coefficient (Wildman–Crippen LogP) is 0.232. The van der Waals surface area contributed by atoms with Gasteiger partial charge in [-0.05, 0) is 20.8 Å². The molecule has 0 unspecified atom stereocenters. The van der Waals surface area contributed by atoms with E-state index < -0.39 is 17.2 Å². The van der Waals surface area contributed by atoms with Crippen molar-refractivity contribution >= 4 is 28.8 Å². The second kappa shape index (κ2) is 7.22. The fraction of sp³-hybridized carbons (Fsp3) is 0.471. The topological polar surface area (TPSA) is 104 Å². The summed E-state index contributed by atoms with van der Waals surface area (Å²) in [6, 6.07) is 0. The summed E-state index contributed by atoms with van der Waals surface area (Å²) in [7, 11) is 1.57. The van der Waals surface area contributed by atoms with Crippen LogP contribution < -0.4 is 16.3 Å². The van der Waals surface area contributed by atoms with Gasteiger partial charge in [0.15, 0.2) is 11.2 Å². The number of hydrazone groups is 1. The van der Waals surface area contributed by atoms with E-state index in [1.807, 2.05) is 6.92 Å². The number of aryl methyl sites for hydroxylation is 1. The number of hydrogen-bond acceptors (Lipinski definition) is 7. The van der Waals surface area contributed by atoms with E-state index >= 15 is 0 Å². The van der Waals surface area contributed by atoms with Crippen molar-refractivity contribution in [2.24, 2.45) is 12.1 Å². The number of carbonyl (C=O) groups is 1. The number of rotatable bonds is 5. The van der Waals surface area contributed by atoms with E-state index in [2.05, 4.69) is 10.1 Å². The molecule has 0 aromatic carbocycles. The minimum absolute atomic E-state index is 0.130. The van der Waals surface area contributed by atoms with E-state index in [1.54, 1.807) is 37.6 Å². The molecule has 10 nitrogen and oxygen atoms in total. The molecule has 0 atom stereocenters. The number of anilines is 1. The summed E-state index contributed by atoms with van der Waals surface area (Å²) in [5.74, 6) is -0.117. The van der Waals surface area contributed by atoms with Gasteiger partial charge < -0.3 is 4.74 Å². The molecule has 144 valence electrons. The highest BCUT2D eigenvalue weighted by Gasteiger charge is 2.27. The lowest BCUT2D eigenvalue weighted by Gasteiger charge is -2.23. The quantitative estimate of drug-likeness (QED) is 0.548. The Morgan fingerprint density at radius 3 is 2.74 bits per heavy atom. The summed E-state index contributed by atoms with van der Waals surface area (Å²) < 4.78 is 9.17. The normalized spacial score (nSPS) is 13.9. The molecule has 3 rings (SSSR count). The third-order valence-corrected chi connectivity index (χ3v) is 4.23. The summed E-state index contributed by atoms with van der Waals surface area (Å²) in [6.45, 7) is 6.00. The second-order valence-electron chi connectivity index (χ2n) is 6.19. The number of nitrogens with zero attached hydrogens (tertiary/aromatic N) is 6. The van der Waals surface area contributed by atoms with E-state index in [0.29, 0.717) is 23.7 Å². The van der Waals surface area contributed by atoms with Gasteiger partial charge in [-0.2, -0.15) is 10.1 Å². The van der Waals surface area contributed by atoms with E-state index in [0.717, 1.165) is 4.57 Å². The number of aromatic nitrogens is 4. The van der Waals surface area contributed by atoms with Gasteiger partial charge in [-0.1, -0.05) is 12.2 Å². The van der Waals surface area contributed by atoms with Gasteiger partial charge in [0.05, 0.1) is 18.9 Å². The molecule has 2 aromatic heterocycles. The zero-order valence-electron chi connectivity index (χ0n) is 15.8. The smallest absolute Gasteiger partial charge is 0.332 e. The molecular weight excluding hydrogens is 352 g/mol. The van der Waals surface area contributed by atoms with Crippen LogP contribution in [-0.4, -0.2) is 43.5 Å². The van der Waals surface area contributed by atoms with E-state index in [4.69, 9.17) is 4.74 Å². The van der Waals surface area contributed by atoms with Crippen LogP contribution in [0, 0.1) is 0 Å². The average molecular weight is 374 g/mol. The summed E-state index contributed by atoms with van der Waals surface area (Å²) in [5.41, 5.74) is 0.404. The van der Waals surface area contributed by atoms with Gasteiger partial charge in [0.2, 0.25) is 5.95 Å². The van der Waals surface area contributed by atoms with Crippen LogP contribution in [0.3, 0.4) is 0 Å². The zero-order valence-corrected chi connectivity index (χ0v) is 15.8. The maximum absolute atomic E-state index is 13.0. The third kappa shape index (κ3) is 3.18. The molecule has 1 aliphatic heterocycles. The molecule has 27 heavy (non-hydrogen) atoms. The molecule has 0 aliphatic carbocycles. The number of ether oxygens (including phenoxy) is 1. The Morgan fingerprint density at radius 2 is 2.07 bits per heavy atom. The minimum Gasteiger partial charge on any atom is -0.465 e. The highest BCUT2D eigenvalue weighted by atomic mass is 16.5. The van der Waals surface area contributed by atoms with Gasteiger partial charge in [-0.3, -0.25) is 23.3 Å². The lowest BCUT2D eigenvalue weighted by Crippen LogP contribution is -2.40. The number of carbonyl (C=O) groups excluding carboxylic acids is 1. The van der Waals surface area contributed by atoms with Crippen molar-refractivity contribution in [2.75, 3.05) is 18.2 Å². The molecule has 0 fully saturated rings. The fourth-order valence-electron chi connectivity index (χ4n) is 3.02. The molecule has 0 saturated heterocycles. The number of allylic oxidation sites excluding steroid dienone is 2. The molecule has 1 aliphatic rings. The molecule has 0 amide bonds. The average Bonchev–Trinajstić information content (AvgIpc) is 3.00. The van der Waals surface area contributed by atoms with Gasteiger partial charge >= 0.3 is 11.7 Å². The van der Waals surface area contributed by atoms with E-state index in [-0.39, 0.29) is 25.3 Å². The highest BCUT2D eigenvalue weighted by molar-refractivity contribution is 5.89. The fourth-order valence-corrected chi connectivity index (χ4v) is 3.02. The maximum Gasteiger partial charge on any atom is 0.332 e. The van der Waals surface area contributed by atoms with Crippen LogP contribution in [0.5, 0.6) is 0 Å². The standard InChI is InChI=1S/C17H22N6O4/c1-5-7-8-21-15(25)13-14(20(4)17(21)26)18-16-22(13)9-11(3)19-23(16)10-12(24)27-6-2/h5,7H,6,8-10H2,1-4H3. The highest BCUT2D eigenvalue weighted by Crippen LogP contribution is 2.23. The van der Waals surface area contributed by atoms with Crippen LogP contribution in [0.4, 0.5) is 5.95 Å². The molecular formula is C17H22N6O4. The lowest BCUT2D eigenvalue weighted by molar-refractivity contribution is -0.141. The van der Waals surface area contributed by atoms with Crippen LogP contribution in [0.25, 0.3) is 11.2 Å². The number of hydrogen-bond donors (Lipinski definition) is 0.